The number of anilines is 1. The molecule has 1 aromatic heterocycles. The highest BCUT2D eigenvalue weighted by Gasteiger charge is 2.25. The Hall–Kier alpha value is -1.06. The number of hydrogen-bond acceptors (Lipinski definition) is 3. The van der Waals surface area contributed by atoms with Crippen molar-refractivity contribution >= 4 is 5.82 Å². The minimum absolute atomic E-state index is 0.413. The van der Waals surface area contributed by atoms with Crippen LogP contribution in [-0.2, 0) is 0 Å². The second-order valence-corrected chi connectivity index (χ2v) is 4.04. The van der Waals surface area contributed by atoms with Gasteiger partial charge in [0.25, 0.3) is 0 Å². The third-order valence-electron chi connectivity index (χ3n) is 2.73. The van der Waals surface area contributed by atoms with Gasteiger partial charge in [0.1, 0.15) is 0 Å². The Labute approximate surface area is 78.1 Å². The van der Waals surface area contributed by atoms with Crippen molar-refractivity contribution in [2.24, 2.45) is 0 Å². The molecule has 0 bridgehead atoms. The van der Waals surface area contributed by atoms with Gasteiger partial charge in [-0.15, -0.1) is 5.10 Å². The Morgan fingerprint density at radius 2 is 2.15 bits per heavy atom. The van der Waals surface area contributed by atoms with Crippen molar-refractivity contribution in [2.75, 3.05) is 5.73 Å². The Kier molecular flexibility index (Phi) is 1.98. The van der Waals surface area contributed by atoms with Gasteiger partial charge < -0.3 is 5.73 Å². The quantitative estimate of drug-likeness (QED) is 0.753. The molecule has 4 nitrogen and oxygen atoms in total. The van der Waals surface area contributed by atoms with E-state index < -0.39 is 0 Å². The molecule has 1 saturated carbocycles. The third kappa shape index (κ3) is 1.30. The van der Waals surface area contributed by atoms with E-state index in [4.69, 9.17) is 5.73 Å². The predicted octanol–water partition coefficient (Wildman–Crippen LogP) is 1.71. The zero-order chi connectivity index (χ0) is 9.42. The number of nitrogens with two attached hydrogens (primary N) is 1. The van der Waals surface area contributed by atoms with Gasteiger partial charge in [-0.05, 0) is 25.2 Å². The van der Waals surface area contributed by atoms with Crippen molar-refractivity contribution in [1.29, 1.82) is 0 Å². The normalized spacial score (nSPS) is 17.8. The van der Waals surface area contributed by atoms with Crippen molar-refractivity contribution in [3.63, 3.8) is 0 Å². The lowest BCUT2D eigenvalue weighted by Gasteiger charge is -2.27. The summed E-state index contributed by atoms with van der Waals surface area (Å²) >= 11 is 0. The molecular formula is C9H16N4. The summed E-state index contributed by atoms with van der Waals surface area (Å²) in [6.45, 7) is 4.26. The van der Waals surface area contributed by atoms with Crippen LogP contribution in [0.15, 0.2) is 0 Å². The fourth-order valence-electron chi connectivity index (χ4n) is 1.77. The minimum Gasteiger partial charge on any atom is -0.381 e. The van der Waals surface area contributed by atoms with E-state index in [0.29, 0.717) is 17.8 Å². The highest BCUT2D eigenvalue weighted by Crippen LogP contribution is 2.34. The Morgan fingerprint density at radius 1 is 1.46 bits per heavy atom. The summed E-state index contributed by atoms with van der Waals surface area (Å²) in [5, 5.41) is 8.03. The number of aromatic nitrogens is 3. The van der Waals surface area contributed by atoms with E-state index in [1.807, 2.05) is 4.68 Å². The number of nitrogen functional groups attached to an aromatic ring is 1. The largest absolute Gasteiger partial charge is 0.381 e. The van der Waals surface area contributed by atoms with Crippen LogP contribution < -0.4 is 5.73 Å². The van der Waals surface area contributed by atoms with Crippen LogP contribution in [-0.4, -0.2) is 15.0 Å². The molecule has 13 heavy (non-hydrogen) atoms. The average Bonchev–Trinajstić information content (AvgIpc) is 2.28. The van der Waals surface area contributed by atoms with E-state index in [2.05, 4.69) is 24.2 Å². The third-order valence-corrected chi connectivity index (χ3v) is 2.73. The maximum atomic E-state index is 5.76. The van der Waals surface area contributed by atoms with Crippen LogP contribution >= 0.6 is 0 Å². The van der Waals surface area contributed by atoms with E-state index in [0.717, 1.165) is 5.69 Å². The van der Waals surface area contributed by atoms with E-state index in [-0.39, 0.29) is 0 Å². The summed E-state index contributed by atoms with van der Waals surface area (Å²) in [6, 6.07) is 0.558. The summed E-state index contributed by atoms with van der Waals surface area (Å²) in [5.41, 5.74) is 6.87. The summed E-state index contributed by atoms with van der Waals surface area (Å²) in [6.07, 6.45) is 3.76. The molecule has 1 heterocycles. The zero-order valence-corrected chi connectivity index (χ0v) is 8.20. The van der Waals surface area contributed by atoms with E-state index in [9.17, 15) is 0 Å². The summed E-state index contributed by atoms with van der Waals surface area (Å²) in [4.78, 5) is 0. The molecular weight excluding hydrogens is 164 g/mol. The molecule has 0 unspecified atom stereocenters. The number of rotatable bonds is 2. The molecule has 0 amide bonds. The Balaban J connectivity index is 2.33. The van der Waals surface area contributed by atoms with Crippen LogP contribution in [0.4, 0.5) is 5.82 Å². The van der Waals surface area contributed by atoms with Gasteiger partial charge in [0.2, 0.25) is 0 Å². The van der Waals surface area contributed by atoms with Crippen LogP contribution in [0.2, 0.25) is 0 Å². The molecule has 0 aromatic carbocycles. The van der Waals surface area contributed by atoms with Crippen molar-refractivity contribution in [1.82, 2.24) is 15.0 Å². The lowest BCUT2D eigenvalue weighted by Crippen LogP contribution is -2.21. The fourth-order valence-corrected chi connectivity index (χ4v) is 1.77. The van der Waals surface area contributed by atoms with Crippen LogP contribution in [0.1, 0.15) is 50.8 Å². The van der Waals surface area contributed by atoms with Crippen LogP contribution in [0.25, 0.3) is 0 Å². The standard InChI is InChI=1S/C9H16N4/c1-6(2)8-9(10)11-12-13(8)7-4-3-5-7/h6-7H,3-5,10H2,1-2H3. The molecule has 1 aliphatic carbocycles. The van der Waals surface area contributed by atoms with Gasteiger partial charge >= 0.3 is 0 Å². The van der Waals surface area contributed by atoms with Crippen molar-refractivity contribution < 1.29 is 0 Å². The molecule has 1 fully saturated rings. The maximum absolute atomic E-state index is 5.76. The molecule has 1 aliphatic rings. The van der Waals surface area contributed by atoms with Gasteiger partial charge in [-0.3, -0.25) is 0 Å². The fraction of sp³-hybridized carbons (Fsp3) is 0.778. The van der Waals surface area contributed by atoms with Crippen LogP contribution in [0, 0.1) is 0 Å². The molecule has 2 N–H and O–H groups in total. The molecule has 0 saturated heterocycles. The minimum atomic E-state index is 0.413. The van der Waals surface area contributed by atoms with Gasteiger partial charge in [-0.2, -0.15) is 0 Å². The maximum Gasteiger partial charge on any atom is 0.169 e. The molecule has 1 aromatic rings. The second-order valence-electron chi connectivity index (χ2n) is 4.04. The highest BCUT2D eigenvalue weighted by molar-refractivity contribution is 5.35. The van der Waals surface area contributed by atoms with Gasteiger partial charge in [-0.1, -0.05) is 19.1 Å². The van der Waals surface area contributed by atoms with Gasteiger partial charge in [0, 0.05) is 0 Å². The lowest BCUT2D eigenvalue weighted by atomic mass is 9.92. The molecule has 0 radical (unpaired) electrons. The molecule has 0 aliphatic heterocycles. The predicted molar refractivity (Wildman–Crippen MR) is 51.4 cm³/mol. The molecule has 0 atom stereocenters. The topological polar surface area (TPSA) is 56.7 Å². The molecule has 72 valence electrons. The van der Waals surface area contributed by atoms with Crippen molar-refractivity contribution in [2.45, 2.75) is 45.1 Å². The Bertz CT molecular complexity index is 299. The molecule has 4 heteroatoms. The smallest absolute Gasteiger partial charge is 0.169 e. The molecule has 0 spiro atoms. The van der Waals surface area contributed by atoms with Gasteiger partial charge in [-0.25, -0.2) is 4.68 Å². The summed E-state index contributed by atoms with van der Waals surface area (Å²) in [5.74, 6) is 1.01. The van der Waals surface area contributed by atoms with E-state index >= 15 is 0 Å². The lowest BCUT2D eigenvalue weighted by molar-refractivity contribution is 0.275. The van der Waals surface area contributed by atoms with Crippen LogP contribution in [0.3, 0.4) is 0 Å². The first kappa shape index (κ1) is 8.53. The SMILES string of the molecule is CC(C)c1c(N)nnn1C1CCC1. The van der Waals surface area contributed by atoms with Crippen LogP contribution in [0.5, 0.6) is 0 Å². The molecule has 2 rings (SSSR count). The first-order chi connectivity index (χ1) is 6.20. The first-order valence-corrected chi connectivity index (χ1v) is 4.90. The summed E-state index contributed by atoms with van der Waals surface area (Å²) in [7, 11) is 0. The zero-order valence-electron chi connectivity index (χ0n) is 8.20. The van der Waals surface area contributed by atoms with Gasteiger partial charge in [0.15, 0.2) is 5.82 Å². The first-order valence-electron chi connectivity index (χ1n) is 4.90. The van der Waals surface area contributed by atoms with E-state index in [1.54, 1.807) is 0 Å². The number of hydrogen-bond donors (Lipinski definition) is 1. The second kappa shape index (κ2) is 3.01. The van der Waals surface area contributed by atoms with E-state index in [1.165, 1.54) is 19.3 Å². The van der Waals surface area contributed by atoms with Crippen molar-refractivity contribution in [3.05, 3.63) is 5.69 Å². The Morgan fingerprint density at radius 3 is 2.62 bits per heavy atom. The number of nitrogens with zero attached hydrogens (tertiary/aromatic N) is 3. The highest BCUT2D eigenvalue weighted by atomic mass is 15.5. The van der Waals surface area contributed by atoms with Gasteiger partial charge in [0.05, 0.1) is 11.7 Å². The average molecular weight is 180 g/mol. The van der Waals surface area contributed by atoms with Crippen molar-refractivity contribution in [3.8, 4) is 0 Å². The monoisotopic (exact) mass is 180 g/mol. The summed E-state index contributed by atoms with van der Waals surface area (Å²) < 4.78 is 2.02.